The summed E-state index contributed by atoms with van der Waals surface area (Å²) < 4.78 is 5.46. The maximum Gasteiger partial charge on any atom is 0.272 e. The molecule has 1 aromatic carbocycles. The zero-order chi connectivity index (χ0) is 17.1. The van der Waals surface area contributed by atoms with E-state index in [-0.39, 0.29) is 11.9 Å². The third-order valence-electron chi connectivity index (χ3n) is 4.50. The van der Waals surface area contributed by atoms with Crippen molar-refractivity contribution in [2.24, 2.45) is 0 Å². The van der Waals surface area contributed by atoms with Crippen LogP contribution in [-0.4, -0.2) is 53.9 Å². The number of nitrogens with one attached hydrogen (secondary N) is 2. The van der Waals surface area contributed by atoms with Crippen LogP contribution in [-0.2, 0) is 4.74 Å². The number of aromatic amines is 1. The first-order chi connectivity index (χ1) is 12.3. The van der Waals surface area contributed by atoms with Crippen LogP contribution in [0.4, 0.5) is 0 Å². The lowest BCUT2D eigenvalue weighted by atomic mass is 10.1. The van der Waals surface area contributed by atoms with Gasteiger partial charge in [-0.05, 0) is 17.5 Å². The van der Waals surface area contributed by atoms with Crippen LogP contribution in [0.25, 0.3) is 10.9 Å². The lowest BCUT2D eigenvalue weighted by Gasteiger charge is -2.34. The second-order valence-corrected chi connectivity index (χ2v) is 6.99. The molecule has 3 aromatic rings. The Balaban J connectivity index is 1.49. The van der Waals surface area contributed by atoms with E-state index in [4.69, 9.17) is 4.74 Å². The van der Waals surface area contributed by atoms with Crippen molar-refractivity contribution in [3.63, 3.8) is 0 Å². The number of amides is 1. The minimum absolute atomic E-state index is 0.146. The Morgan fingerprint density at radius 3 is 2.92 bits per heavy atom. The smallest absolute Gasteiger partial charge is 0.272 e. The normalized spacial score (nSPS) is 16.8. The van der Waals surface area contributed by atoms with Crippen LogP contribution in [0.5, 0.6) is 0 Å². The molecule has 1 fully saturated rings. The van der Waals surface area contributed by atoms with Crippen LogP contribution >= 0.6 is 11.3 Å². The number of H-pyrrole nitrogens is 1. The number of thiophene rings is 1. The molecule has 4 rings (SSSR count). The highest BCUT2D eigenvalue weighted by Crippen LogP contribution is 2.25. The minimum Gasteiger partial charge on any atom is -0.379 e. The standard InChI is InChI=1S/C18H20N4O2S/c23-18(17-13-4-1-2-5-14(13)20-21-17)19-12-15(16-6-3-11-25-16)22-7-9-24-10-8-22/h1-6,11,15H,7-10,12H2,(H,19,23)(H,20,21)/t15-/m0/s1. The number of aromatic nitrogens is 2. The fourth-order valence-electron chi connectivity index (χ4n) is 3.19. The SMILES string of the molecule is O=C(NC[C@@H](c1cccs1)N1CCOCC1)c1n[nH]c2ccccc12. The van der Waals surface area contributed by atoms with Crippen LogP contribution in [0, 0.1) is 0 Å². The number of carbonyl (C=O) groups excluding carboxylic acids is 1. The number of para-hydroxylation sites is 1. The van der Waals surface area contributed by atoms with Crippen molar-refractivity contribution < 1.29 is 9.53 Å². The molecule has 0 spiro atoms. The summed E-state index contributed by atoms with van der Waals surface area (Å²) in [6.45, 7) is 3.79. The molecule has 2 aromatic heterocycles. The zero-order valence-electron chi connectivity index (χ0n) is 13.8. The molecule has 3 heterocycles. The van der Waals surface area contributed by atoms with Crippen molar-refractivity contribution >= 4 is 28.1 Å². The molecule has 1 aliphatic heterocycles. The number of ether oxygens (including phenoxy) is 1. The van der Waals surface area contributed by atoms with Gasteiger partial charge in [0.05, 0.1) is 24.8 Å². The van der Waals surface area contributed by atoms with Gasteiger partial charge in [-0.2, -0.15) is 5.10 Å². The molecular formula is C18H20N4O2S. The average Bonchev–Trinajstić information content (AvgIpc) is 3.32. The van der Waals surface area contributed by atoms with Gasteiger partial charge in [0.2, 0.25) is 0 Å². The van der Waals surface area contributed by atoms with Crippen LogP contribution in [0.1, 0.15) is 21.4 Å². The third kappa shape index (κ3) is 3.44. The predicted octanol–water partition coefficient (Wildman–Crippen LogP) is 2.43. The van der Waals surface area contributed by atoms with Gasteiger partial charge in [0.1, 0.15) is 0 Å². The van der Waals surface area contributed by atoms with Crippen molar-refractivity contribution in [2.75, 3.05) is 32.8 Å². The first-order valence-corrected chi connectivity index (χ1v) is 9.27. The summed E-state index contributed by atoms with van der Waals surface area (Å²) in [6, 6.07) is 12.0. The van der Waals surface area contributed by atoms with Crippen molar-refractivity contribution in [1.29, 1.82) is 0 Å². The van der Waals surface area contributed by atoms with Crippen molar-refractivity contribution in [3.8, 4) is 0 Å². The minimum atomic E-state index is -0.146. The number of hydrogen-bond acceptors (Lipinski definition) is 5. The van der Waals surface area contributed by atoms with Gasteiger partial charge >= 0.3 is 0 Å². The Bertz CT molecular complexity index is 840. The molecule has 1 amide bonds. The molecular weight excluding hydrogens is 336 g/mol. The molecule has 25 heavy (non-hydrogen) atoms. The number of hydrogen-bond donors (Lipinski definition) is 2. The first-order valence-electron chi connectivity index (χ1n) is 8.39. The monoisotopic (exact) mass is 356 g/mol. The lowest BCUT2D eigenvalue weighted by Crippen LogP contribution is -2.43. The van der Waals surface area contributed by atoms with E-state index >= 15 is 0 Å². The maximum absolute atomic E-state index is 12.6. The molecule has 1 saturated heterocycles. The molecule has 0 aliphatic carbocycles. The summed E-state index contributed by atoms with van der Waals surface area (Å²) in [6.07, 6.45) is 0. The Morgan fingerprint density at radius 1 is 1.28 bits per heavy atom. The summed E-state index contributed by atoms with van der Waals surface area (Å²) in [5.74, 6) is -0.146. The number of fused-ring (bicyclic) bond motifs is 1. The van der Waals surface area contributed by atoms with E-state index in [1.54, 1.807) is 11.3 Å². The van der Waals surface area contributed by atoms with Crippen LogP contribution in [0.3, 0.4) is 0 Å². The number of benzene rings is 1. The van der Waals surface area contributed by atoms with Gasteiger partial charge in [0.25, 0.3) is 5.91 Å². The highest BCUT2D eigenvalue weighted by molar-refractivity contribution is 7.10. The molecule has 0 radical (unpaired) electrons. The zero-order valence-corrected chi connectivity index (χ0v) is 14.6. The van der Waals surface area contributed by atoms with Gasteiger partial charge in [0.15, 0.2) is 5.69 Å². The number of morpholine rings is 1. The van der Waals surface area contributed by atoms with Crippen LogP contribution in [0.15, 0.2) is 41.8 Å². The van der Waals surface area contributed by atoms with Crippen molar-refractivity contribution in [2.45, 2.75) is 6.04 Å². The van der Waals surface area contributed by atoms with Crippen LogP contribution < -0.4 is 5.32 Å². The summed E-state index contributed by atoms with van der Waals surface area (Å²) in [5, 5.41) is 13.1. The average molecular weight is 356 g/mol. The Hall–Kier alpha value is -2.22. The Morgan fingerprint density at radius 2 is 2.12 bits per heavy atom. The summed E-state index contributed by atoms with van der Waals surface area (Å²) in [7, 11) is 0. The molecule has 1 aliphatic rings. The Kier molecular flexibility index (Phi) is 4.78. The van der Waals surface area contributed by atoms with E-state index in [2.05, 4.69) is 37.9 Å². The number of carbonyl (C=O) groups is 1. The molecule has 0 unspecified atom stereocenters. The number of nitrogens with zero attached hydrogens (tertiary/aromatic N) is 2. The molecule has 7 heteroatoms. The van der Waals surface area contributed by atoms with Gasteiger partial charge < -0.3 is 10.1 Å². The van der Waals surface area contributed by atoms with Crippen molar-refractivity contribution in [3.05, 3.63) is 52.3 Å². The molecule has 130 valence electrons. The van der Waals surface area contributed by atoms with E-state index in [1.165, 1.54) is 4.88 Å². The highest BCUT2D eigenvalue weighted by Gasteiger charge is 2.24. The molecule has 0 saturated carbocycles. The van der Waals surface area contributed by atoms with Crippen molar-refractivity contribution in [1.82, 2.24) is 20.4 Å². The van der Waals surface area contributed by atoms with Gasteiger partial charge in [0, 0.05) is 29.9 Å². The van der Waals surface area contributed by atoms with E-state index < -0.39 is 0 Å². The van der Waals surface area contributed by atoms with E-state index in [0.717, 1.165) is 37.2 Å². The lowest BCUT2D eigenvalue weighted by molar-refractivity contribution is 0.0169. The van der Waals surface area contributed by atoms with Gasteiger partial charge in [-0.25, -0.2) is 0 Å². The maximum atomic E-state index is 12.6. The quantitative estimate of drug-likeness (QED) is 0.737. The van der Waals surface area contributed by atoms with Gasteiger partial charge in [-0.15, -0.1) is 11.3 Å². The van der Waals surface area contributed by atoms with Crippen LogP contribution in [0.2, 0.25) is 0 Å². The summed E-state index contributed by atoms with van der Waals surface area (Å²) in [5.41, 5.74) is 1.32. The first kappa shape index (κ1) is 16.3. The molecule has 1 atom stereocenters. The molecule has 0 bridgehead atoms. The third-order valence-corrected chi connectivity index (χ3v) is 5.47. The summed E-state index contributed by atoms with van der Waals surface area (Å²) in [4.78, 5) is 16.3. The van der Waals surface area contributed by atoms with Gasteiger partial charge in [-0.3, -0.25) is 14.8 Å². The van der Waals surface area contributed by atoms with E-state index in [9.17, 15) is 4.79 Å². The second kappa shape index (κ2) is 7.35. The fourth-order valence-corrected chi connectivity index (χ4v) is 4.05. The molecule has 2 N–H and O–H groups in total. The van der Waals surface area contributed by atoms with E-state index in [1.807, 2.05) is 24.3 Å². The largest absolute Gasteiger partial charge is 0.379 e. The summed E-state index contributed by atoms with van der Waals surface area (Å²) >= 11 is 1.72. The Labute approximate surface area is 149 Å². The van der Waals surface area contributed by atoms with Gasteiger partial charge in [-0.1, -0.05) is 24.3 Å². The predicted molar refractivity (Wildman–Crippen MR) is 97.9 cm³/mol. The second-order valence-electron chi connectivity index (χ2n) is 6.01. The fraction of sp³-hybridized carbons (Fsp3) is 0.333. The molecule has 6 nitrogen and oxygen atoms in total. The van der Waals surface area contributed by atoms with E-state index in [0.29, 0.717) is 12.2 Å². The highest BCUT2D eigenvalue weighted by atomic mass is 32.1. The number of rotatable bonds is 5. The topological polar surface area (TPSA) is 70.2 Å².